The molecule has 7 heteroatoms. The lowest BCUT2D eigenvalue weighted by Crippen LogP contribution is -2.41. The number of hydrogen-bond donors (Lipinski definition) is 2. The number of nitrogens with zero attached hydrogens (tertiary/aromatic N) is 1. The molecule has 0 spiro atoms. The Bertz CT molecular complexity index is 807. The first-order valence-electron chi connectivity index (χ1n) is 8.88. The van der Waals surface area contributed by atoms with Crippen molar-refractivity contribution in [1.29, 1.82) is 0 Å². The van der Waals surface area contributed by atoms with Crippen molar-refractivity contribution < 1.29 is 14.3 Å². The van der Waals surface area contributed by atoms with Gasteiger partial charge in [0.1, 0.15) is 0 Å². The molecule has 1 aliphatic rings. The SMILES string of the molecule is O=C(NCCN1CCOCC1)c1cccc(C(=O)Nc2ccccc2Cl)c1. The third-order valence-corrected chi connectivity index (χ3v) is 4.66. The molecule has 0 aromatic heterocycles. The molecule has 0 radical (unpaired) electrons. The Morgan fingerprint density at radius 1 is 1.00 bits per heavy atom. The summed E-state index contributed by atoms with van der Waals surface area (Å²) in [7, 11) is 0. The van der Waals surface area contributed by atoms with Crippen molar-refractivity contribution in [2.45, 2.75) is 0 Å². The highest BCUT2D eigenvalue weighted by molar-refractivity contribution is 6.33. The topological polar surface area (TPSA) is 70.7 Å². The minimum absolute atomic E-state index is 0.198. The van der Waals surface area contributed by atoms with Gasteiger partial charge in [0.15, 0.2) is 0 Å². The molecule has 0 atom stereocenters. The highest BCUT2D eigenvalue weighted by atomic mass is 35.5. The molecule has 2 aromatic rings. The molecule has 3 rings (SSSR count). The zero-order valence-electron chi connectivity index (χ0n) is 14.9. The van der Waals surface area contributed by atoms with Crippen LogP contribution in [0, 0.1) is 0 Å². The summed E-state index contributed by atoms with van der Waals surface area (Å²) in [5, 5.41) is 6.12. The summed E-state index contributed by atoms with van der Waals surface area (Å²) >= 11 is 6.07. The van der Waals surface area contributed by atoms with Crippen molar-refractivity contribution in [3.63, 3.8) is 0 Å². The van der Waals surface area contributed by atoms with Crippen LogP contribution in [0.15, 0.2) is 48.5 Å². The number of benzene rings is 2. The molecule has 6 nitrogen and oxygen atoms in total. The number of hydrogen-bond acceptors (Lipinski definition) is 4. The van der Waals surface area contributed by atoms with Crippen LogP contribution in [-0.4, -0.2) is 56.1 Å². The predicted octanol–water partition coefficient (Wildman–Crippen LogP) is 2.65. The van der Waals surface area contributed by atoms with Gasteiger partial charge in [0, 0.05) is 37.3 Å². The summed E-state index contributed by atoms with van der Waals surface area (Å²) in [6, 6.07) is 13.6. The summed E-state index contributed by atoms with van der Waals surface area (Å²) in [4.78, 5) is 27.1. The summed E-state index contributed by atoms with van der Waals surface area (Å²) in [6.45, 7) is 4.56. The Balaban J connectivity index is 1.56. The van der Waals surface area contributed by atoms with Crippen molar-refractivity contribution in [2.75, 3.05) is 44.7 Å². The lowest BCUT2D eigenvalue weighted by atomic mass is 10.1. The van der Waals surface area contributed by atoms with E-state index in [1.165, 1.54) is 0 Å². The van der Waals surface area contributed by atoms with E-state index in [1.807, 2.05) is 0 Å². The Labute approximate surface area is 163 Å². The van der Waals surface area contributed by atoms with E-state index in [1.54, 1.807) is 48.5 Å². The Morgan fingerprint density at radius 2 is 1.70 bits per heavy atom. The standard InChI is InChI=1S/C20H22ClN3O3/c21-17-6-1-2-7-18(17)23-20(26)16-5-3-4-15(14-16)19(25)22-8-9-24-10-12-27-13-11-24/h1-7,14H,8-13H2,(H,22,25)(H,23,26). The minimum atomic E-state index is -0.314. The van der Waals surface area contributed by atoms with Crippen LogP contribution in [0.4, 0.5) is 5.69 Å². The molecule has 0 aliphatic carbocycles. The van der Waals surface area contributed by atoms with E-state index in [0.717, 1.165) is 32.8 Å². The molecule has 2 aromatic carbocycles. The van der Waals surface area contributed by atoms with Gasteiger partial charge in [-0.2, -0.15) is 0 Å². The number of carbonyl (C=O) groups is 2. The first-order valence-corrected chi connectivity index (χ1v) is 9.25. The van der Waals surface area contributed by atoms with E-state index in [4.69, 9.17) is 16.3 Å². The Kier molecular flexibility index (Phi) is 6.81. The van der Waals surface area contributed by atoms with Gasteiger partial charge in [-0.05, 0) is 30.3 Å². The first-order chi connectivity index (χ1) is 13.1. The Hall–Kier alpha value is -2.41. The van der Waals surface area contributed by atoms with Gasteiger partial charge in [0.25, 0.3) is 11.8 Å². The van der Waals surface area contributed by atoms with Gasteiger partial charge in [0.05, 0.1) is 23.9 Å². The molecule has 1 saturated heterocycles. The predicted molar refractivity (Wildman–Crippen MR) is 105 cm³/mol. The highest BCUT2D eigenvalue weighted by Gasteiger charge is 2.13. The zero-order valence-corrected chi connectivity index (χ0v) is 15.7. The summed E-state index contributed by atoms with van der Waals surface area (Å²) in [5.74, 6) is -0.512. The van der Waals surface area contributed by atoms with Crippen molar-refractivity contribution >= 4 is 29.1 Å². The number of anilines is 1. The summed E-state index contributed by atoms with van der Waals surface area (Å²) in [5.41, 5.74) is 1.38. The number of rotatable bonds is 6. The number of carbonyl (C=O) groups excluding carboxylic acids is 2. The number of para-hydroxylation sites is 1. The molecule has 142 valence electrons. The molecule has 2 amide bonds. The maximum absolute atomic E-state index is 12.4. The van der Waals surface area contributed by atoms with Crippen LogP contribution in [-0.2, 0) is 4.74 Å². The molecular weight excluding hydrogens is 366 g/mol. The largest absolute Gasteiger partial charge is 0.379 e. The molecule has 0 unspecified atom stereocenters. The van der Waals surface area contributed by atoms with Crippen molar-refractivity contribution in [3.05, 3.63) is 64.7 Å². The normalized spacial score (nSPS) is 14.6. The average Bonchev–Trinajstić information content (AvgIpc) is 2.70. The number of ether oxygens (including phenoxy) is 1. The van der Waals surface area contributed by atoms with Crippen LogP contribution >= 0.6 is 11.6 Å². The third-order valence-electron chi connectivity index (χ3n) is 4.33. The van der Waals surface area contributed by atoms with E-state index >= 15 is 0 Å². The number of nitrogens with one attached hydrogen (secondary N) is 2. The first kappa shape index (κ1) is 19.4. The fourth-order valence-corrected chi connectivity index (χ4v) is 3.00. The van der Waals surface area contributed by atoms with Crippen LogP contribution < -0.4 is 10.6 Å². The monoisotopic (exact) mass is 387 g/mol. The molecule has 1 aliphatic heterocycles. The molecule has 0 bridgehead atoms. The molecular formula is C20H22ClN3O3. The summed E-state index contributed by atoms with van der Waals surface area (Å²) < 4.78 is 5.31. The van der Waals surface area contributed by atoms with E-state index in [0.29, 0.717) is 28.4 Å². The van der Waals surface area contributed by atoms with Gasteiger partial charge in [0.2, 0.25) is 0 Å². The fraction of sp³-hybridized carbons (Fsp3) is 0.300. The maximum atomic E-state index is 12.4. The van der Waals surface area contributed by atoms with E-state index in [2.05, 4.69) is 15.5 Å². The lowest BCUT2D eigenvalue weighted by molar-refractivity contribution is 0.0383. The van der Waals surface area contributed by atoms with E-state index < -0.39 is 0 Å². The third kappa shape index (κ3) is 5.53. The molecule has 1 fully saturated rings. The quantitative estimate of drug-likeness (QED) is 0.799. The fourth-order valence-electron chi connectivity index (χ4n) is 2.81. The smallest absolute Gasteiger partial charge is 0.255 e. The van der Waals surface area contributed by atoms with E-state index in [-0.39, 0.29) is 11.8 Å². The van der Waals surface area contributed by atoms with Crippen molar-refractivity contribution in [2.24, 2.45) is 0 Å². The second-order valence-electron chi connectivity index (χ2n) is 6.22. The van der Waals surface area contributed by atoms with Gasteiger partial charge in [-0.15, -0.1) is 0 Å². The minimum Gasteiger partial charge on any atom is -0.379 e. The maximum Gasteiger partial charge on any atom is 0.255 e. The second kappa shape index (κ2) is 9.50. The lowest BCUT2D eigenvalue weighted by Gasteiger charge is -2.26. The van der Waals surface area contributed by atoms with Crippen LogP contribution in [0.3, 0.4) is 0 Å². The van der Waals surface area contributed by atoms with Crippen LogP contribution in [0.5, 0.6) is 0 Å². The highest BCUT2D eigenvalue weighted by Crippen LogP contribution is 2.21. The van der Waals surface area contributed by atoms with Crippen LogP contribution in [0.25, 0.3) is 0 Å². The van der Waals surface area contributed by atoms with Crippen molar-refractivity contribution in [1.82, 2.24) is 10.2 Å². The average molecular weight is 388 g/mol. The molecule has 27 heavy (non-hydrogen) atoms. The summed E-state index contributed by atoms with van der Waals surface area (Å²) in [6.07, 6.45) is 0. The number of halogens is 1. The second-order valence-corrected chi connectivity index (χ2v) is 6.63. The molecule has 1 heterocycles. The number of morpholine rings is 1. The molecule has 0 saturated carbocycles. The van der Waals surface area contributed by atoms with E-state index in [9.17, 15) is 9.59 Å². The van der Waals surface area contributed by atoms with Gasteiger partial charge in [-0.3, -0.25) is 14.5 Å². The zero-order chi connectivity index (χ0) is 19.1. The van der Waals surface area contributed by atoms with Gasteiger partial charge < -0.3 is 15.4 Å². The van der Waals surface area contributed by atoms with Gasteiger partial charge in [-0.25, -0.2) is 0 Å². The van der Waals surface area contributed by atoms with Gasteiger partial charge >= 0.3 is 0 Å². The van der Waals surface area contributed by atoms with Gasteiger partial charge in [-0.1, -0.05) is 29.8 Å². The molecule has 2 N–H and O–H groups in total. The Morgan fingerprint density at radius 3 is 2.44 bits per heavy atom. The number of amides is 2. The van der Waals surface area contributed by atoms with Crippen LogP contribution in [0.2, 0.25) is 5.02 Å². The van der Waals surface area contributed by atoms with Crippen LogP contribution in [0.1, 0.15) is 20.7 Å². The van der Waals surface area contributed by atoms with Crippen molar-refractivity contribution in [3.8, 4) is 0 Å².